The fraction of sp³-hybridized carbons (Fsp3) is 0.0952. The quantitative estimate of drug-likeness (QED) is 0.437. The van der Waals surface area contributed by atoms with Crippen molar-refractivity contribution in [2.45, 2.75) is 4.90 Å². The second-order valence-corrected chi connectivity index (χ2v) is 7.49. The lowest BCUT2D eigenvalue weighted by Gasteiger charge is -2.12. The van der Waals surface area contributed by atoms with Crippen LogP contribution in [-0.2, 0) is 7.05 Å². The number of hydrogen-bond acceptors (Lipinski definition) is 3. The molecule has 0 aliphatic carbocycles. The number of allylic oxidation sites excluding steroid dienone is 4. The molecule has 0 radical (unpaired) electrons. The van der Waals surface area contributed by atoms with E-state index in [9.17, 15) is 0 Å². The van der Waals surface area contributed by atoms with Crippen LogP contribution in [0.15, 0.2) is 81.1 Å². The number of rotatable bonds is 3. The summed E-state index contributed by atoms with van der Waals surface area (Å²) in [6, 6.07) is 14.0. The Morgan fingerprint density at radius 1 is 1.12 bits per heavy atom. The van der Waals surface area contributed by atoms with Crippen LogP contribution >= 0.6 is 23.4 Å². The normalized spacial score (nSPS) is 15.8. The molecule has 0 fully saturated rings. The number of nitrogens with zero attached hydrogens (tertiary/aromatic N) is 2. The van der Waals surface area contributed by atoms with Crippen molar-refractivity contribution >= 4 is 46.2 Å². The summed E-state index contributed by atoms with van der Waals surface area (Å²) in [6.07, 6.45) is 10.1. The smallest absolute Gasteiger partial charge is 0.373 e. The van der Waals surface area contributed by atoms with Gasteiger partial charge < -0.3 is 9.32 Å². The molecule has 26 heavy (non-hydrogen) atoms. The summed E-state index contributed by atoms with van der Waals surface area (Å²) in [6.45, 7) is 0. The van der Waals surface area contributed by atoms with E-state index in [1.807, 2.05) is 72.3 Å². The van der Waals surface area contributed by atoms with Gasteiger partial charge in [0.15, 0.2) is 0 Å². The molecule has 0 bridgehead atoms. The molecule has 5 heteroatoms. The van der Waals surface area contributed by atoms with Crippen LogP contribution in [0.5, 0.6) is 0 Å². The third-order valence-corrected chi connectivity index (χ3v) is 5.72. The Morgan fingerprint density at radius 2 is 1.96 bits per heavy atom. The van der Waals surface area contributed by atoms with Gasteiger partial charge in [0.2, 0.25) is 5.58 Å². The maximum Gasteiger partial charge on any atom is 0.373 e. The number of benzene rings is 2. The van der Waals surface area contributed by atoms with Crippen molar-refractivity contribution in [3.8, 4) is 0 Å². The lowest BCUT2D eigenvalue weighted by Crippen LogP contribution is -2.29. The van der Waals surface area contributed by atoms with Crippen molar-refractivity contribution in [3.63, 3.8) is 0 Å². The molecule has 2 aromatic carbocycles. The summed E-state index contributed by atoms with van der Waals surface area (Å²) < 4.78 is 7.89. The van der Waals surface area contributed by atoms with E-state index in [1.165, 1.54) is 9.92 Å². The number of thioether (sulfide) groups is 1. The number of fused-ring (bicyclic) bond motifs is 2. The average molecular weight is 382 g/mol. The standard InChI is InChI=1S/C21H18ClN2OS/c1-23-16-8-6-7-9-18(16)25-20(23)10-4-3-5-11-21-24(2)17-14-15(22)12-13-19(17)26-21/h3-14H,1-2H3/q+1. The van der Waals surface area contributed by atoms with Crippen LogP contribution in [0.25, 0.3) is 17.2 Å². The van der Waals surface area contributed by atoms with Crippen molar-refractivity contribution in [1.82, 2.24) is 0 Å². The summed E-state index contributed by atoms with van der Waals surface area (Å²) in [4.78, 5) is 3.38. The molecular weight excluding hydrogens is 364 g/mol. The Labute approximate surface area is 161 Å². The lowest BCUT2D eigenvalue weighted by molar-refractivity contribution is -0.652. The maximum atomic E-state index is 6.09. The first kappa shape index (κ1) is 17.0. The molecule has 0 unspecified atom stereocenters. The van der Waals surface area contributed by atoms with Gasteiger partial charge in [-0.1, -0.05) is 53.7 Å². The van der Waals surface area contributed by atoms with Gasteiger partial charge in [-0.15, -0.1) is 0 Å². The highest BCUT2D eigenvalue weighted by atomic mass is 35.5. The Bertz CT molecular complexity index is 1070. The first-order chi connectivity index (χ1) is 12.6. The number of halogens is 1. The minimum atomic E-state index is 0.759. The van der Waals surface area contributed by atoms with Gasteiger partial charge in [-0.05, 0) is 30.3 Å². The van der Waals surface area contributed by atoms with Gasteiger partial charge in [0.25, 0.3) is 5.52 Å². The summed E-state index contributed by atoms with van der Waals surface area (Å²) >= 11 is 7.84. The third kappa shape index (κ3) is 3.18. The zero-order chi connectivity index (χ0) is 18.1. The van der Waals surface area contributed by atoms with Crippen LogP contribution < -0.4 is 9.47 Å². The summed E-state index contributed by atoms with van der Waals surface area (Å²) in [5, 5.41) is 1.93. The van der Waals surface area contributed by atoms with Gasteiger partial charge >= 0.3 is 5.89 Å². The maximum absolute atomic E-state index is 6.09. The third-order valence-electron chi connectivity index (χ3n) is 4.30. The van der Waals surface area contributed by atoms with Gasteiger partial charge in [-0.2, -0.15) is 4.57 Å². The van der Waals surface area contributed by atoms with Crippen LogP contribution in [-0.4, -0.2) is 7.05 Å². The van der Waals surface area contributed by atoms with E-state index in [-0.39, 0.29) is 0 Å². The van der Waals surface area contributed by atoms with Gasteiger partial charge in [-0.3, -0.25) is 0 Å². The van der Waals surface area contributed by atoms with E-state index in [2.05, 4.69) is 24.1 Å². The lowest BCUT2D eigenvalue weighted by atomic mass is 10.3. The second kappa shape index (κ2) is 7.06. The first-order valence-corrected chi connectivity index (χ1v) is 9.46. The van der Waals surface area contributed by atoms with Gasteiger partial charge in [0.1, 0.15) is 7.05 Å². The Balaban J connectivity index is 1.48. The van der Waals surface area contributed by atoms with E-state index < -0.39 is 0 Å². The second-order valence-electron chi connectivity index (χ2n) is 5.99. The van der Waals surface area contributed by atoms with E-state index in [0.717, 1.165) is 27.7 Å². The van der Waals surface area contributed by atoms with Crippen molar-refractivity contribution in [3.05, 3.63) is 82.7 Å². The van der Waals surface area contributed by atoms with Gasteiger partial charge in [0.05, 0.1) is 16.8 Å². The monoisotopic (exact) mass is 381 g/mol. The molecule has 0 saturated heterocycles. The van der Waals surface area contributed by atoms with E-state index >= 15 is 0 Å². The van der Waals surface area contributed by atoms with Crippen LogP contribution in [0.3, 0.4) is 0 Å². The van der Waals surface area contributed by atoms with Crippen molar-refractivity contribution in [2.24, 2.45) is 7.05 Å². The number of hydrogen-bond donors (Lipinski definition) is 0. The number of oxazole rings is 1. The average Bonchev–Trinajstić information content (AvgIpc) is 3.13. The van der Waals surface area contributed by atoms with Crippen LogP contribution in [0.2, 0.25) is 5.02 Å². The fourth-order valence-corrected chi connectivity index (χ4v) is 4.10. The highest BCUT2D eigenvalue weighted by Gasteiger charge is 2.21. The van der Waals surface area contributed by atoms with Crippen LogP contribution in [0, 0.1) is 0 Å². The Morgan fingerprint density at radius 3 is 2.81 bits per heavy atom. The Hall–Kier alpha value is -2.43. The summed E-state index contributed by atoms with van der Waals surface area (Å²) in [5.41, 5.74) is 3.12. The summed E-state index contributed by atoms with van der Waals surface area (Å²) in [7, 11) is 4.06. The highest BCUT2D eigenvalue weighted by molar-refractivity contribution is 8.03. The molecule has 130 valence electrons. The molecule has 0 saturated carbocycles. The number of aromatic nitrogens is 1. The minimum Gasteiger partial charge on any atom is -0.398 e. The molecule has 2 heterocycles. The van der Waals surface area contributed by atoms with Crippen LogP contribution in [0.4, 0.5) is 5.69 Å². The van der Waals surface area contributed by atoms with Crippen molar-refractivity contribution in [1.29, 1.82) is 0 Å². The van der Waals surface area contributed by atoms with E-state index in [4.69, 9.17) is 16.0 Å². The molecule has 0 N–H and O–H groups in total. The minimum absolute atomic E-state index is 0.759. The molecule has 0 atom stereocenters. The molecule has 0 spiro atoms. The van der Waals surface area contributed by atoms with E-state index in [0.29, 0.717) is 0 Å². The highest BCUT2D eigenvalue weighted by Crippen LogP contribution is 2.45. The predicted octanol–water partition coefficient (Wildman–Crippen LogP) is 5.56. The Kier molecular flexibility index (Phi) is 4.62. The van der Waals surface area contributed by atoms with Gasteiger partial charge in [0, 0.05) is 23.0 Å². The number of aryl methyl sites for hydroxylation is 1. The predicted molar refractivity (Wildman–Crippen MR) is 109 cm³/mol. The topological polar surface area (TPSA) is 20.3 Å². The first-order valence-electron chi connectivity index (χ1n) is 8.27. The molecule has 3 aromatic rings. The SMILES string of the molecule is CN1/C(=C/C=C/C=C/c2oc3ccccc3[n+]2C)Sc2ccc(Cl)cc21. The summed E-state index contributed by atoms with van der Waals surface area (Å²) in [5.74, 6) is 0.818. The molecule has 1 aromatic heterocycles. The molecule has 0 amide bonds. The fourth-order valence-electron chi connectivity index (χ4n) is 2.89. The molecule has 1 aliphatic rings. The van der Waals surface area contributed by atoms with E-state index in [1.54, 1.807) is 11.8 Å². The zero-order valence-corrected chi connectivity index (χ0v) is 16.1. The number of para-hydroxylation sites is 2. The molecule has 4 rings (SSSR count). The number of anilines is 1. The molecular formula is C21H18ClN2OS+. The molecule has 3 nitrogen and oxygen atoms in total. The molecule has 1 aliphatic heterocycles. The van der Waals surface area contributed by atoms with Gasteiger partial charge in [-0.25, -0.2) is 0 Å². The van der Waals surface area contributed by atoms with Crippen LogP contribution in [0.1, 0.15) is 5.89 Å². The largest absolute Gasteiger partial charge is 0.398 e. The van der Waals surface area contributed by atoms with Crippen molar-refractivity contribution < 1.29 is 8.98 Å². The zero-order valence-electron chi connectivity index (χ0n) is 14.5. The van der Waals surface area contributed by atoms with Crippen molar-refractivity contribution in [2.75, 3.05) is 11.9 Å².